The van der Waals surface area contributed by atoms with Gasteiger partial charge in [-0.3, -0.25) is 14.4 Å². The summed E-state index contributed by atoms with van der Waals surface area (Å²) in [6.07, 6.45) is 2.43. The molecule has 0 aliphatic rings. The van der Waals surface area contributed by atoms with Crippen LogP contribution in [-0.2, 0) is 19.1 Å². The predicted octanol–water partition coefficient (Wildman–Crippen LogP) is 3.83. The fourth-order valence-corrected chi connectivity index (χ4v) is 3.95. The van der Waals surface area contributed by atoms with E-state index in [1.165, 1.54) is 11.0 Å². The molecule has 0 saturated carbocycles. The first kappa shape index (κ1) is 32.7. The van der Waals surface area contributed by atoms with Gasteiger partial charge in [0.15, 0.2) is 0 Å². The highest BCUT2D eigenvalue weighted by Gasteiger charge is 2.36. The standard InChI is InChI=1S/C28H46N4O6/c1-8-9-10-11-16-32(24(25(35)30-18(2)3)20-12-14-22(33)19(4)17-20)26(36)21(13-15-23(29)34)31-27(37)38-28(5,6)7/h12,14,17-18,21,24,33H,8-11,13,15-16H2,1-7H3,(H2,29,34)(H,30,35)(H,31,37). The lowest BCUT2D eigenvalue weighted by Crippen LogP contribution is -2.54. The second-order valence-corrected chi connectivity index (χ2v) is 10.9. The van der Waals surface area contributed by atoms with Crippen LogP contribution in [0.25, 0.3) is 0 Å². The van der Waals surface area contributed by atoms with E-state index in [1.807, 2.05) is 13.8 Å². The zero-order valence-electron chi connectivity index (χ0n) is 23.9. The third-order valence-corrected chi connectivity index (χ3v) is 5.73. The molecule has 0 aromatic heterocycles. The maximum absolute atomic E-state index is 14.1. The Morgan fingerprint density at radius 1 is 1.08 bits per heavy atom. The van der Waals surface area contributed by atoms with Crippen LogP contribution in [0.15, 0.2) is 18.2 Å². The number of hydrogen-bond acceptors (Lipinski definition) is 6. The van der Waals surface area contributed by atoms with Crippen molar-refractivity contribution in [2.75, 3.05) is 6.54 Å². The first-order valence-electron chi connectivity index (χ1n) is 13.3. The summed E-state index contributed by atoms with van der Waals surface area (Å²) >= 11 is 0. The molecule has 1 aromatic carbocycles. The van der Waals surface area contributed by atoms with Crippen LogP contribution in [0, 0.1) is 6.92 Å². The minimum absolute atomic E-state index is 0.0496. The van der Waals surface area contributed by atoms with Crippen LogP contribution in [0.1, 0.15) is 97.2 Å². The minimum Gasteiger partial charge on any atom is -0.508 e. The average Bonchev–Trinajstić information content (AvgIpc) is 2.78. The molecule has 0 spiro atoms. The molecule has 0 aliphatic heterocycles. The number of nitrogens with one attached hydrogen (secondary N) is 2. The smallest absolute Gasteiger partial charge is 0.408 e. The van der Waals surface area contributed by atoms with Crippen LogP contribution in [-0.4, -0.2) is 58.1 Å². The lowest BCUT2D eigenvalue weighted by Gasteiger charge is -2.35. The third kappa shape index (κ3) is 11.4. The Kier molecular flexibility index (Phi) is 13.1. The number of rotatable bonds is 14. The number of aryl methyl sites for hydroxylation is 1. The predicted molar refractivity (Wildman–Crippen MR) is 146 cm³/mol. The monoisotopic (exact) mass is 534 g/mol. The van der Waals surface area contributed by atoms with Crippen molar-refractivity contribution in [2.24, 2.45) is 5.73 Å². The number of amides is 4. The summed E-state index contributed by atoms with van der Waals surface area (Å²) in [5.74, 6) is -1.46. The Hall–Kier alpha value is -3.30. The summed E-state index contributed by atoms with van der Waals surface area (Å²) in [4.78, 5) is 53.2. The molecule has 1 aromatic rings. The number of ether oxygens (including phenoxy) is 1. The minimum atomic E-state index is -1.14. The summed E-state index contributed by atoms with van der Waals surface area (Å²) in [5.41, 5.74) is 5.63. The lowest BCUT2D eigenvalue weighted by molar-refractivity contribution is -0.143. The van der Waals surface area contributed by atoms with Crippen molar-refractivity contribution < 1.29 is 29.0 Å². The maximum Gasteiger partial charge on any atom is 0.408 e. The van der Waals surface area contributed by atoms with E-state index in [9.17, 15) is 24.3 Å². The van der Waals surface area contributed by atoms with Crippen LogP contribution >= 0.6 is 0 Å². The lowest BCUT2D eigenvalue weighted by atomic mass is 9.98. The molecule has 214 valence electrons. The number of phenols is 1. The number of nitrogens with two attached hydrogens (primary N) is 1. The maximum atomic E-state index is 14.1. The molecule has 2 unspecified atom stereocenters. The van der Waals surface area contributed by atoms with Gasteiger partial charge < -0.3 is 31.1 Å². The van der Waals surface area contributed by atoms with Crippen molar-refractivity contribution in [1.82, 2.24) is 15.5 Å². The summed E-state index contributed by atoms with van der Waals surface area (Å²) in [5, 5.41) is 15.6. The van der Waals surface area contributed by atoms with E-state index < -0.39 is 35.6 Å². The summed E-state index contributed by atoms with van der Waals surface area (Å²) < 4.78 is 5.35. The molecule has 4 amide bonds. The fourth-order valence-electron chi connectivity index (χ4n) is 3.95. The van der Waals surface area contributed by atoms with Crippen LogP contribution in [0.5, 0.6) is 5.75 Å². The SMILES string of the molecule is CCCCCCN(C(=O)C(CCC(N)=O)NC(=O)OC(C)(C)C)C(C(=O)NC(C)C)c1ccc(O)c(C)c1. The topological polar surface area (TPSA) is 151 Å². The van der Waals surface area contributed by atoms with Gasteiger partial charge in [0, 0.05) is 19.0 Å². The number of alkyl carbamates (subject to hydrolysis) is 1. The molecule has 38 heavy (non-hydrogen) atoms. The Labute approximate surface area is 226 Å². The number of primary amides is 1. The van der Waals surface area contributed by atoms with E-state index in [0.717, 1.165) is 19.3 Å². The highest BCUT2D eigenvalue weighted by Crippen LogP contribution is 2.28. The number of phenolic OH excluding ortho intramolecular Hbond substituents is 1. The number of carbonyl (C=O) groups excluding carboxylic acids is 4. The highest BCUT2D eigenvalue weighted by atomic mass is 16.6. The highest BCUT2D eigenvalue weighted by molar-refractivity contribution is 5.92. The summed E-state index contributed by atoms with van der Waals surface area (Å²) in [6.45, 7) is 12.8. The quantitative estimate of drug-likeness (QED) is 0.266. The van der Waals surface area contributed by atoms with Crippen molar-refractivity contribution in [1.29, 1.82) is 0 Å². The van der Waals surface area contributed by atoms with Gasteiger partial charge in [-0.05, 0) is 77.6 Å². The fraction of sp³-hybridized carbons (Fsp3) is 0.643. The van der Waals surface area contributed by atoms with E-state index in [-0.39, 0.29) is 37.1 Å². The first-order chi connectivity index (χ1) is 17.7. The van der Waals surface area contributed by atoms with Gasteiger partial charge in [0.25, 0.3) is 0 Å². The van der Waals surface area contributed by atoms with Crippen molar-refractivity contribution >= 4 is 23.8 Å². The molecule has 0 bridgehead atoms. The van der Waals surface area contributed by atoms with Crippen molar-refractivity contribution in [2.45, 2.75) is 111 Å². The zero-order chi connectivity index (χ0) is 29.0. The van der Waals surface area contributed by atoms with Gasteiger partial charge >= 0.3 is 6.09 Å². The van der Waals surface area contributed by atoms with Crippen LogP contribution < -0.4 is 16.4 Å². The third-order valence-electron chi connectivity index (χ3n) is 5.73. The Bertz CT molecular complexity index is 957. The van der Waals surface area contributed by atoms with Crippen molar-refractivity contribution in [3.8, 4) is 5.75 Å². The molecule has 1 rings (SSSR count). The Morgan fingerprint density at radius 3 is 2.26 bits per heavy atom. The first-order valence-corrected chi connectivity index (χ1v) is 13.3. The van der Waals surface area contributed by atoms with E-state index in [2.05, 4.69) is 17.6 Å². The Morgan fingerprint density at radius 2 is 1.74 bits per heavy atom. The van der Waals surface area contributed by atoms with Crippen LogP contribution in [0.3, 0.4) is 0 Å². The molecule has 0 saturated heterocycles. The van der Waals surface area contributed by atoms with E-state index in [0.29, 0.717) is 17.5 Å². The second kappa shape index (κ2) is 15.2. The van der Waals surface area contributed by atoms with Crippen LogP contribution in [0.2, 0.25) is 0 Å². The molecule has 0 radical (unpaired) electrons. The average molecular weight is 535 g/mol. The van der Waals surface area contributed by atoms with Crippen molar-refractivity contribution in [3.05, 3.63) is 29.3 Å². The summed E-state index contributed by atoms with van der Waals surface area (Å²) in [6, 6.07) is 2.42. The number of benzene rings is 1. The van der Waals surface area contributed by atoms with Crippen molar-refractivity contribution in [3.63, 3.8) is 0 Å². The van der Waals surface area contributed by atoms with Gasteiger partial charge in [-0.2, -0.15) is 0 Å². The molecular formula is C28H46N4O6. The largest absolute Gasteiger partial charge is 0.508 e. The van der Waals surface area contributed by atoms with Gasteiger partial charge in [-0.1, -0.05) is 32.3 Å². The molecule has 0 heterocycles. The summed E-state index contributed by atoms with van der Waals surface area (Å²) in [7, 11) is 0. The second-order valence-electron chi connectivity index (χ2n) is 10.9. The van der Waals surface area contributed by atoms with Crippen LogP contribution in [0.4, 0.5) is 4.79 Å². The van der Waals surface area contributed by atoms with E-state index in [4.69, 9.17) is 10.5 Å². The molecule has 10 heteroatoms. The number of hydrogen-bond donors (Lipinski definition) is 4. The molecule has 2 atom stereocenters. The molecule has 0 aliphatic carbocycles. The van der Waals surface area contributed by atoms with Gasteiger partial charge in [0.05, 0.1) is 0 Å². The van der Waals surface area contributed by atoms with E-state index in [1.54, 1.807) is 39.8 Å². The number of carbonyl (C=O) groups is 4. The molecule has 10 nitrogen and oxygen atoms in total. The normalized spacial score (nSPS) is 12.9. The van der Waals surface area contributed by atoms with Gasteiger partial charge in [-0.25, -0.2) is 4.79 Å². The van der Waals surface area contributed by atoms with Gasteiger partial charge in [-0.15, -0.1) is 0 Å². The number of aromatic hydroxyl groups is 1. The van der Waals surface area contributed by atoms with E-state index >= 15 is 0 Å². The van der Waals surface area contributed by atoms with Gasteiger partial charge in [0.1, 0.15) is 23.4 Å². The Balaban J connectivity index is 3.54. The molecule has 0 fully saturated rings. The molecular weight excluding hydrogens is 488 g/mol. The number of unbranched alkanes of at least 4 members (excludes halogenated alkanes) is 3. The zero-order valence-corrected chi connectivity index (χ0v) is 23.9. The number of nitrogens with zero attached hydrogens (tertiary/aromatic N) is 1. The molecule has 5 N–H and O–H groups in total. The van der Waals surface area contributed by atoms with Gasteiger partial charge in [0.2, 0.25) is 17.7 Å².